The maximum absolute atomic E-state index is 11.6. The zero-order valence-corrected chi connectivity index (χ0v) is 14.7. The van der Waals surface area contributed by atoms with E-state index in [9.17, 15) is 4.79 Å². The number of nitrogens with zero attached hydrogens (tertiary/aromatic N) is 2. The SMILES string of the molecule is CCCNC(=O)CNC(=NC)N(C)CCOc1ccc(Cl)cc1. The van der Waals surface area contributed by atoms with Gasteiger partial charge in [-0.05, 0) is 30.7 Å². The number of carbonyl (C=O) groups excluding carboxylic acids is 1. The smallest absolute Gasteiger partial charge is 0.239 e. The first-order valence-corrected chi connectivity index (χ1v) is 8.01. The maximum atomic E-state index is 11.6. The molecule has 6 nitrogen and oxygen atoms in total. The summed E-state index contributed by atoms with van der Waals surface area (Å²) in [5.74, 6) is 1.37. The van der Waals surface area contributed by atoms with E-state index in [-0.39, 0.29) is 12.5 Å². The van der Waals surface area contributed by atoms with E-state index in [1.54, 1.807) is 19.2 Å². The Morgan fingerprint density at radius 1 is 1.30 bits per heavy atom. The van der Waals surface area contributed by atoms with Crippen molar-refractivity contribution in [2.75, 3.05) is 40.3 Å². The first kappa shape index (κ1) is 19.1. The van der Waals surface area contributed by atoms with Crippen LogP contribution in [0.2, 0.25) is 5.02 Å². The molecule has 0 fully saturated rings. The second kappa shape index (κ2) is 10.7. The van der Waals surface area contributed by atoms with Crippen LogP contribution in [0.15, 0.2) is 29.3 Å². The highest BCUT2D eigenvalue weighted by atomic mass is 35.5. The van der Waals surface area contributed by atoms with Crippen molar-refractivity contribution in [1.82, 2.24) is 15.5 Å². The van der Waals surface area contributed by atoms with E-state index in [0.717, 1.165) is 12.2 Å². The third kappa shape index (κ3) is 7.74. The lowest BCUT2D eigenvalue weighted by atomic mass is 10.3. The summed E-state index contributed by atoms with van der Waals surface area (Å²) in [5, 5.41) is 6.52. The maximum Gasteiger partial charge on any atom is 0.239 e. The number of hydrogen-bond donors (Lipinski definition) is 2. The third-order valence-electron chi connectivity index (χ3n) is 3.06. The first-order valence-electron chi connectivity index (χ1n) is 7.63. The lowest BCUT2D eigenvalue weighted by Crippen LogP contribution is -2.45. The fourth-order valence-electron chi connectivity index (χ4n) is 1.81. The van der Waals surface area contributed by atoms with Crippen LogP contribution in [0.4, 0.5) is 0 Å². The highest BCUT2D eigenvalue weighted by Crippen LogP contribution is 2.15. The van der Waals surface area contributed by atoms with Gasteiger partial charge in [-0.25, -0.2) is 0 Å². The molecular weight excluding hydrogens is 316 g/mol. The van der Waals surface area contributed by atoms with Crippen molar-refractivity contribution in [2.24, 2.45) is 4.99 Å². The van der Waals surface area contributed by atoms with E-state index in [1.165, 1.54) is 0 Å². The molecule has 0 saturated carbocycles. The van der Waals surface area contributed by atoms with Gasteiger partial charge in [0.25, 0.3) is 0 Å². The zero-order chi connectivity index (χ0) is 17.1. The number of amides is 1. The van der Waals surface area contributed by atoms with Gasteiger partial charge in [0.1, 0.15) is 12.4 Å². The van der Waals surface area contributed by atoms with Gasteiger partial charge in [-0.1, -0.05) is 18.5 Å². The van der Waals surface area contributed by atoms with Crippen LogP contribution in [0, 0.1) is 0 Å². The Balaban J connectivity index is 2.31. The Morgan fingerprint density at radius 3 is 2.61 bits per heavy atom. The summed E-state index contributed by atoms with van der Waals surface area (Å²) in [7, 11) is 3.58. The predicted molar refractivity (Wildman–Crippen MR) is 94.2 cm³/mol. The lowest BCUT2D eigenvalue weighted by Gasteiger charge is -2.22. The Hall–Kier alpha value is -1.95. The quantitative estimate of drug-likeness (QED) is 0.559. The Labute approximate surface area is 142 Å². The molecule has 0 spiro atoms. The van der Waals surface area contributed by atoms with Gasteiger partial charge in [0.05, 0.1) is 13.1 Å². The molecule has 23 heavy (non-hydrogen) atoms. The highest BCUT2D eigenvalue weighted by molar-refractivity contribution is 6.30. The second-order valence-corrected chi connectivity index (χ2v) is 5.41. The van der Waals surface area contributed by atoms with E-state index in [1.807, 2.05) is 31.0 Å². The van der Waals surface area contributed by atoms with Crippen LogP contribution in [0.5, 0.6) is 5.75 Å². The molecule has 0 unspecified atom stereocenters. The number of carbonyl (C=O) groups is 1. The number of likely N-dealkylation sites (N-methyl/N-ethyl adjacent to an activating group) is 1. The van der Waals surface area contributed by atoms with E-state index in [2.05, 4.69) is 15.6 Å². The number of guanidine groups is 1. The van der Waals surface area contributed by atoms with Crippen LogP contribution in [0.1, 0.15) is 13.3 Å². The summed E-state index contributed by atoms with van der Waals surface area (Å²) in [5.41, 5.74) is 0. The molecule has 128 valence electrons. The van der Waals surface area contributed by atoms with Crippen molar-refractivity contribution in [3.05, 3.63) is 29.3 Å². The monoisotopic (exact) mass is 340 g/mol. The molecule has 0 saturated heterocycles. The molecule has 1 aromatic rings. The second-order valence-electron chi connectivity index (χ2n) is 4.97. The van der Waals surface area contributed by atoms with Gasteiger partial charge in [-0.15, -0.1) is 0 Å². The van der Waals surface area contributed by atoms with Gasteiger partial charge < -0.3 is 20.3 Å². The minimum Gasteiger partial charge on any atom is -0.492 e. The molecule has 0 bridgehead atoms. The molecule has 7 heteroatoms. The van der Waals surface area contributed by atoms with Crippen LogP contribution in [-0.2, 0) is 4.79 Å². The number of ether oxygens (including phenoxy) is 1. The van der Waals surface area contributed by atoms with E-state index < -0.39 is 0 Å². The summed E-state index contributed by atoms with van der Waals surface area (Å²) >= 11 is 5.83. The summed E-state index contributed by atoms with van der Waals surface area (Å²) in [6.07, 6.45) is 0.919. The molecule has 0 aromatic heterocycles. The van der Waals surface area contributed by atoms with Gasteiger partial charge in [-0.2, -0.15) is 0 Å². The molecular formula is C16H25ClN4O2. The van der Waals surface area contributed by atoms with Crippen molar-refractivity contribution in [3.8, 4) is 5.75 Å². The number of rotatable bonds is 8. The van der Waals surface area contributed by atoms with Gasteiger partial charge in [0.2, 0.25) is 5.91 Å². The van der Waals surface area contributed by atoms with Crippen molar-refractivity contribution in [2.45, 2.75) is 13.3 Å². The zero-order valence-electron chi connectivity index (χ0n) is 13.9. The van der Waals surface area contributed by atoms with E-state index in [0.29, 0.717) is 30.7 Å². The molecule has 1 amide bonds. The van der Waals surface area contributed by atoms with Crippen molar-refractivity contribution in [1.29, 1.82) is 0 Å². The number of nitrogens with one attached hydrogen (secondary N) is 2. The summed E-state index contributed by atoms with van der Waals surface area (Å²) < 4.78 is 5.64. The molecule has 0 aliphatic rings. The van der Waals surface area contributed by atoms with Gasteiger partial charge >= 0.3 is 0 Å². The summed E-state index contributed by atoms with van der Waals surface area (Å²) in [6, 6.07) is 7.23. The lowest BCUT2D eigenvalue weighted by molar-refractivity contribution is -0.120. The fraction of sp³-hybridized carbons (Fsp3) is 0.500. The van der Waals surface area contributed by atoms with Crippen LogP contribution >= 0.6 is 11.6 Å². The topological polar surface area (TPSA) is 66.0 Å². The van der Waals surface area contributed by atoms with Crippen molar-refractivity contribution < 1.29 is 9.53 Å². The number of benzene rings is 1. The normalized spacial score (nSPS) is 11.0. The molecule has 1 aromatic carbocycles. The Kier molecular flexibility index (Phi) is 8.90. The molecule has 1 rings (SSSR count). The first-order chi connectivity index (χ1) is 11.1. The molecule has 0 atom stereocenters. The van der Waals surface area contributed by atoms with Crippen molar-refractivity contribution >= 4 is 23.5 Å². The van der Waals surface area contributed by atoms with Crippen LogP contribution in [0.25, 0.3) is 0 Å². The molecule has 0 heterocycles. The van der Waals surface area contributed by atoms with Crippen LogP contribution in [-0.4, -0.2) is 57.1 Å². The minimum absolute atomic E-state index is 0.0428. The van der Waals surface area contributed by atoms with E-state index in [4.69, 9.17) is 16.3 Å². The minimum atomic E-state index is -0.0428. The third-order valence-corrected chi connectivity index (χ3v) is 3.31. The fourth-order valence-corrected chi connectivity index (χ4v) is 1.93. The largest absolute Gasteiger partial charge is 0.492 e. The summed E-state index contributed by atoms with van der Waals surface area (Å²) in [4.78, 5) is 17.7. The number of aliphatic imine (C=N–C) groups is 1. The molecule has 0 radical (unpaired) electrons. The van der Waals surface area contributed by atoms with Gasteiger partial charge in [0, 0.05) is 25.7 Å². The highest BCUT2D eigenvalue weighted by Gasteiger charge is 2.08. The average Bonchev–Trinajstić information content (AvgIpc) is 2.55. The molecule has 2 N–H and O–H groups in total. The predicted octanol–water partition coefficient (Wildman–Crippen LogP) is 1.75. The Bertz CT molecular complexity index is 505. The van der Waals surface area contributed by atoms with Crippen LogP contribution < -0.4 is 15.4 Å². The molecule has 0 aliphatic carbocycles. The van der Waals surface area contributed by atoms with Crippen molar-refractivity contribution in [3.63, 3.8) is 0 Å². The Morgan fingerprint density at radius 2 is 2.00 bits per heavy atom. The average molecular weight is 341 g/mol. The standard InChI is InChI=1S/C16H25ClN4O2/c1-4-9-19-15(22)12-20-16(18-2)21(3)10-11-23-14-7-5-13(17)6-8-14/h5-8H,4,9-12H2,1-3H3,(H,18,20)(H,19,22). The van der Waals surface area contributed by atoms with E-state index >= 15 is 0 Å². The number of halogens is 1. The van der Waals surface area contributed by atoms with Gasteiger partial charge in [-0.3, -0.25) is 9.79 Å². The number of hydrogen-bond acceptors (Lipinski definition) is 3. The molecule has 0 aliphatic heterocycles. The van der Waals surface area contributed by atoms with Crippen LogP contribution in [0.3, 0.4) is 0 Å². The summed E-state index contributed by atoms with van der Waals surface area (Å²) in [6.45, 7) is 4.04. The van der Waals surface area contributed by atoms with Gasteiger partial charge in [0.15, 0.2) is 5.96 Å².